The topological polar surface area (TPSA) is 81.4 Å². The number of nitrogens with one attached hydrogen (secondary N) is 1. The molecule has 0 bridgehead atoms. The second-order valence-corrected chi connectivity index (χ2v) is 7.63. The summed E-state index contributed by atoms with van der Waals surface area (Å²) in [6, 6.07) is 15.0. The van der Waals surface area contributed by atoms with Crippen LogP contribution in [-0.2, 0) is 17.8 Å². The number of hydrogen-bond donors (Lipinski definition) is 1. The highest BCUT2D eigenvalue weighted by Crippen LogP contribution is 2.26. The number of aromatic nitrogens is 4. The van der Waals surface area contributed by atoms with Crippen LogP contribution in [0.5, 0.6) is 5.75 Å². The molecule has 0 spiro atoms. The summed E-state index contributed by atoms with van der Waals surface area (Å²) < 4.78 is 7.22. The molecular weight excluding hydrogens is 410 g/mol. The SMILES string of the molecule is CCc1nnc2sc(-c3ccc(CNC(=O)COc4ccccc4Cl)cc3)nn12. The minimum absolute atomic E-state index is 0.0888. The van der Waals surface area contributed by atoms with Crippen molar-refractivity contribution < 1.29 is 9.53 Å². The number of aryl methyl sites for hydroxylation is 1. The Morgan fingerprint density at radius 1 is 1.17 bits per heavy atom. The van der Waals surface area contributed by atoms with Crippen LogP contribution in [0, 0.1) is 0 Å². The fourth-order valence-corrected chi connectivity index (χ4v) is 3.77. The van der Waals surface area contributed by atoms with Crippen molar-refractivity contribution in [3.05, 3.63) is 64.9 Å². The Balaban J connectivity index is 1.33. The maximum atomic E-state index is 12.0. The van der Waals surface area contributed by atoms with Gasteiger partial charge in [-0.25, -0.2) is 0 Å². The molecule has 1 amide bonds. The predicted octanol–water partition coefficient (Wildman–Crippen LogP) is 3.76. The lowest BCUT2D eigenvalue weighted by Gasteiger charge is -2.09. The predicted molar refractivity (Wildman–Crippen MR) is 112 cm³/mol. The Morgan fingerprint density at radius 3 is 2.72 bits per heavy atom. The molecule has 0 unspecified atom stereocenters. The van der Waals surface area contributed by atoms with E-state index >= 15 is 0 Å². The van der Waals surface area contributed by atoms with Gasteiger partial charge in [0.15, 0.2) is 12.4 Å². The minimum Gasteiger partial charge on any atom is -0.482 e. The van der Waals surface area contributed by atoms with Crippen LogP contribution in [0.2, 0.25) is 5.02 Å². The number of nitrogens with zero attached hydrogens (tertiary/aromatic N) is 4. The van der Waals surface area contributed by atoms with Gasteiger partial charge in [0.1, 0.15) is 10.8 Å². The summed E-state index contributed by atoms with van der Waals surface area (Å²) in [6.45, 7) is 2.35. The Morgan fingerprint density at radius 2 is 1.97 bits per heavy atom. The van der Waals surface area contributed by atoms with Gasteiger partial charge in [0, 0.05) is 18.5 Å². The van der Waals surface area contributed by atoms with E-state index in [2.05, 4.69) is 20.6 Å². The van der Waals surface area contributed by atoms with Crippen molar-refractivity contribution in [2.45, 2.75) is 19.9 Å². The molecule has 0 saturated heterocycles. The van der Waals surface area contributed by atoms with E-state index in [1.807, 2.05) is 37.3 Å². The molecule has 9 heteroatoms. The van der Waals surface area contributed by atoms with Crippen LogP contribution in [-0.4, -0.2) is 32.3 Å². The zero-order valence-electron chi connectivity index (χ0n) is 15.6. The highest BCUT2D eigenvalue weighted by molar-refractivity contribution is 7.19. The van der Waals surface area contributed by atoms with Crippen molar-refractivity contribution >= 4 is 33.8 Å². The van der Waals surface area contributed by atoms with Gasteiger partial charge < -0.3 is 10.1 Å². The summed E-state index contributed by atoms with van der Waals surface area (Å²) in [5.41, 5.74) is 1.98. The summed E-state index contributed by atoms with van der Waals surface area (Å²) in [6.07, 6.45) is 0.781. The quantitative estimate of drug-likeness (QED) is 0.485. The van der Waals surface area contributed by atoms with E-state index < -0.39 is 0 Å². The van der Waals surface area contributed by atoms with Crippen LogP contribution in [0.4, 0.5) is 0 Å². The van der Waals surface area contributed by atoms with Crippen molar-refractivity contribution in [2.24, 2.45) is 0 Å². The smallest absolute Gasteiger partial charge is 0.258 e. The molecule has 1 N–H and O–H groups in total. The van der Waals surface area contributed by atoms with Gasteiger partial charge in [-0.2, -0.15) is 9.61 Å². The number of fused-ring (bicyclic) bond motifs is 1. The standard InChI is InChI=1S/C20H18ClN5O2S/c1-2-17-23-24-20-26(17)25-19(29-20)14-9-7-13(8-10-14)11-22-18(27)12-28-16-6-4-3-5-15(16)21/h3-10H,2,11-12H2,1H3,(H,22,27). The van der Waals surface area contributed by atoms with E-state index in [9.17, 15) is 4.79 Å². The molecule has 2 heterocycles. The fraction of sp³-hybridized carbons (Fsp3) is 0.200. The van der Waals surface area contributed by atoms with Crippen molar-refractivity contribution in [2.75, 3.05) is 6.61 Å². The molecule has 29 heavy (non-hydrogen) atoms. The first-order valence-corrected chi connectivity index (χ1v) is 10.3. The lowest BCUT2D eigenvalue weighted by Crippen LogP contribution is -2.28. The number of hydrogen-bond acceptors (Lipinski definition) is 6. The highest BCUT2D eigenvalue weighted by Gasteiger charge is 2.12. The number of halogens is 1. The van der Waals surface area contributed by atoms with Crippen molar-refractivity contribution in [1.82, 2.24) is 25.1 Å². The second kappa shape index (κ2) is 8.59. The van der Waals surface area contributed by atoms with Crippen LogP contribution in [0.1, 0.15) is 18.3 Å². The van der Waals surface area contributed by atoms with Gasteiger partial charge >= 0.3 is 0 Å². The van der Waals surface area contributed by atoms with Gasteiger partial charge in [0.05, 0.1) is 5.02 Å². The highest BCUT2D eigenvalue weighted by atomic mass is 35.5. The summed E-state index contributed by atoms with van der Waals surface area (Å²) in [4.78, 5) is 12.8. The molecule has 0 aliphatic rings. The molecule has 148 valence electrons. The van der Waals surface area contributed by atoms with Gasteiger partial charge in [-0.05, 0) is 17.7 Å². The molecule has 0 aliphatic heterocycles. The largest absolute Gasteiger partial charge is 0.482 e. The third kappa shape index (κ3) is 4.38. The Kier molecular flexibility index (Phi) is 5.73. The molecule has 2 aromatic heterocycles. The van der Waals surface area contributed by atoms with E-state index in [1.54, 1.807) is 22.7 Å². The van der Waals surface area contributed by atoms with E-state index in [0.29, 0.717) is 17.3 Å². The fourth-order valence-electron chi connectivity index (χ4n) is 2.72. The summed E-state index contributed by atoms with van der Waals surface area (Å²) in [7, 11) is 0. The number of para-hydroxylation sites is 1. The average molecular weight is 428 g/mol. The Bertz CT molecular complexity index is 1140. The van der Waals surface area contributed by atoms with E-state index in [0.717, 1.165) is 33.3 Å². The zero-order chi connectivity index (χ0) is 20.2. The number of ether oxygens (including phenoxy) is 1. The first-order chi connectivity index (χ1) is 14.1. The number of carbonyl (C=O) groups excluding carboxylic acids is 1. The number of amides is 1. The first-order valence-electron chi connectivity index (χ1n) is 9.08. The molecule has 7 nitrogen and oxygen atoms in total. The first kappa shape index (κ1) is 19.4. The summed E-state index contributed by atoms with van der Waals surface area (Å²) in [5, 5.41) is 17.0. The van der Waals surface area contributed by atoms with Crippen molar-refractivity contribution in [3.8, 4) is 16.3 Å². The maximum Gasteiger partial charge on any atom is 0.258 e. The van der Waals surface area contributed by atoms with E-state index in [4.69, 9.17) is 16.3 Å². The molecule has 0 atom stereocenters. The molecule has 0 saturated carbocycles. The molecule has 0 aliphatic carbocycles. The van der Waals surface area contributed by atoms with Crippen molar-refractivity contribution in [3.63, 3.8) is 0 Å². The normalized spacial score (nSPS) is 11.0. The lowest BCUT2D eigenvalue weighted by atomic mass is 10.1. The Hall–Kier alpha value is -2.97. The Labute approximate surface area is 176 Å². The lowest BCUT2D eigenvalue weighted by molar-refractivity contribution is -0.123. The van der Waals surface area contributed by atoms with Gasteiger partial charge in [0.25, 0.3) is 5.91 Å². The summed E-state index contributed by atoms with van der Waals surface area (Å²) in [5.74, 6) is 1.13. The molecule has 4 aromatic rings. The van der Waals surface area contributed by atoms with Crippen LogP contribution >= 0.6 is 22.9 Å². The van der Waals surface area contributed by atoms with Gasteiger partial charge in [-0.1, -0.05) is 66.3 Å². The monoisotopic (exact) mass is 427 g/mol. The zero-order valence-corrected chi connectivity index (χ0v) is 17.2. The van der Waals surface area contributed by atoms with E-state index in [-0.39, 0.29) is 12.5 Å². The van der Waals surface area contributed by atoms with Crippen molar-refractivity contribution in [1.29, 1.82) is 0 Å². The third-order valence-corrected chi connectivity index (χ3v) is 5.52. The van der Waals surface area contributed by atoms with Crippen LogP contribution in [0.15, 0.2) is 48.5 Å². The third-order valence-electron chi connectivity index (χ3n) is 4.26. The minimum atomic E-state index is -0.213. The molecule has 0 radical (unpaired) electrons. The van der Waals surface area contributed by atoms with Gasteiger partial charge in [0.2, 0.25) is 4.96 Å². The molecular formula is C20H18ClN5O2S. The molecule has 2 aromatic carbocycles. The van der Waals surface area contributed by atoms with Crippen LogP contribution < -0.4 is 10.1 Å². The van der Waals surface area contributed by atoms with Gasteiger partial charge in [-0.15, -0.1) is 10.2 Å². The molecule has 4 rings (SSSR count). The van der Waals surface area contributed by atoms with E-state index in [1.165, 1.54) is 11.3 Å². The summed E-state index contributed by atoms with van der Waals surface area (Å²) >= 11 is 7.51. The number of benzene rings is 2. The van der Waals surface area contributed by atoms with Crippen LogP contribution in [0.3, 0.4) is 0 Å². The van der Waals surface area contributed by atoms with Gasteiger partial charge in [-0.3, -0.25) is 4.79 Å². The average Bonchev–Trinajstić information content (AvgIpc) is 3.33. The second-order valence-electron chi connectivity index (χ2n) is 6.26. The number of rotatable bonds is 7. The molecule has 0 fully saturated rings. The maximum absolute atomic E-state index is 12.0. The number of carbonyl (C=O) groups is 1. The van der Waals surface area contributed by atoms with Crippen LogP contribution in [0.25, 0.3) is 15.5 Å².